The SMILES string of the molecule is CCOC(=O)CC(O)(c1ccc2nc(N)sc2c1)C(F)(F)F. The van der Waals surface area contributed by atoms with E-state index >= 15 is 0 Å². The normalized spacial score (nSPS) is 14.8. The number of nitrogens with zero attached hydrogens (tertiary/aromatic N) is 1. The monoisotopic (exact) mass is 334 g/mol. The third-order valence-electron chi connectivity index (χ3n) is 3.06. The number of alkyl halides is 3. The fourth-order valence-electron chi connectivity index (χ4n) is 1.99. The quantitative estimate of drug-likeness (QED) is 0.840. The van der Waals surface area contributed by atoms with Crippen LogP contribution in [0.4, 0.5) is 18.3 Å². The van der Waals surface area contributed by atoms with Crippen molar-refractivity contribution in [1.29, 1.82) is 0 Å². The molecule has 3 N–H and O–H groups in total. The molecule has 2 aromatic rings. The predicted molar refractivity (Wildman–Crippen MR) is 75.2 cm³/mol. The van der Waals surface area contributed by atoms with Gasteiger partial charge in [-0.15, -0.1) is 0 Å². The minimum absolute atomic E-state index is 0.0722. The van der Waals surface area contributed by atoms with E-state index in [4.69, 9.17) is 5.73 Å². The smallest absolute Gasteiger partial charge is 0.422 e. The number of hydrogen-bond donors (Lipinski definition) is 2. The number of nitrogens with two attached hydrogens (primary N) is 1. The number of carbonyl (C=O) groups excluding carboxylic acids is 1. The van der Waals surface area contributed by atoms with Crippen molar-refractivity contribution in [3.63, 3.8) is 0 Å². The molecule has 9 heteroatoms. The highest BCUT2D eigenvalue weighted by molar-refractivity contribution is 7.22. The van der Waals surface area contributed by atoms with Crippen LogP contribution >= 0.6 is 11.3 Å². The maximum absolute atomic E-state index is 13.3. The summed E-state index contributed by atoms with van der Waals surface area (Å²) in [4.78, 5) is 15.4. The van der Waals surface area contributed by atoms with Crippen LogP contribution in [0.2, 0.25) is 0 Å². The second kappa shape index (κ2) is 5.73. The number of hydrogen-bond acceptors (Lipinski definition) is 6. The molecule has 120 valence electrons. The van der Waals surface area contributed by atoms with Crippen molar-refractivity contribution in [2.45, 2.75) is 25.1 Å². The zero-order valence-electron chi connectivity index (χ0n) is 11.5. The van der Waals surface area contributed by atoms with E-state index in [1.807, 2.05) is 0 Å². The number of aliphatic hydroxyl groups is 1. The van der Waals surface area contributed by atoms with E-state index in [0.717, 1.165) is 23.5 Å². The van der Waals surface area contributed by atoms with E-state index < -0.39 is 29.7 Å². The van der Waals surface area contributed by atoms with Gasteiger partial charge in [-0.1, -0.05) is 17.4 Å². The molecule has 1 aromatic carbocycles. The summed E-state index contributed by atoms with van der Waals surface area (Å²) in [6.45, 7) is 1.40. The molecule has 0 saturated carbocycles. The van der Waals surface area contributed by atoms with Crippen molar-refractivity contribution in [3.8, 4) is 0 Å². The molecule has 0 bridgehead atoms. The van der Waals surface area contributed by atoms with E-state index in [1.54, 1.807) is 0 Å². The third kappa shape index (κ3) is 3.00. The minimum Gasteiger partial charge on any atom is -0.466 e. The lowest BCUT2D eigenvalue weighted by Crippen LogP contribution is -2.44. The van der Waals surface area contributed by atoms with Gasteiger partial charge in [-0.3, -0.25) is 4.79 Å². The van der Waals surface area contributed by atoms with Crippen LogP contribution in [0.5, 0.6) is 0 Å². The van der Waals surface area contributed by atoms with E-state index in [2.05, 4.69) is 9.72 Å². The Kier molecular flexibility index (Phi) is 4.30. The number of carbonyl (C=O) groups is 1. The van der Waals surface area contributed by atoms with Crippen LogP contribution in [0.15, 0.2) is 18.2 Å². The van der Waals surface area contributed by atoms with Gasteiger partial charge in [-0.2, -0.15) is 13.2 Å². The number of benzene rings is 1. The minimum atomic E-state index is -5.04. The van der Waals surface area contributed by atoms with Crippen molar-refractivity contribution in [1.82, 2.24) is 4.98 Å². The molecule has 0 spiro atoms. The van der Waals surface area contributed by atoms with Crippen molar-refractivity contribution in [2.75, 3.05) is 12.3 Å². The Morgan fingerprint density at radius 2 is 2.14 bits per heavy atom. The molecule has 0 fully saturated rings. The summed E-state index contributed by atoms with van der Waals surface area (Å²) >= 11 is 0.994. The van der Waals surface area contributed by atoms with Crippen LogP contribution in [0, 0.1) is 0 Å². The van der Waals surface area contributed by atoms with Gasteiger partial charge in [0, 0.05) is 0 Å². The van der Waals surface area contributed by atoms with Crippen molar-refractivity contribution >= 4 is 32.7 Å². The molecule has 1 aromatic heterocycles. The summed E-state index contributed by atoms with van der Waals surface area (Å²) in [5, 5.41) is 10.3. The summed E-state index contributed by atoms with van der Waals surface area (Å²) in [6, 6.07) is 3.53. The highest BCUT2D eigenvalue weighted by atomic mass is 32.1. The topological polar surface area (TPSA) is 85.4 Å². The van der Waals surface area contributed by atoms with Gasteiger partial charge >= 0.3 is 12.1 Å². The van der Waals surface area contributed by atoms with Crippen molar-refractivity contribution in [3.05, 3.63) is 23.8 Å². The van der Waals surface area contributed by atoms with E-state index in [0.29, 0.717) is 10.2 Å². The number of nitrogen functional groups attached to an aromatic ring is 1. The number of halogens is 3. The summed E-state index contributed by atoms with van der Waals surface area (Å²) in [6.07, 6.45) is -6.26. The fourth-order valence-corrected chi connectivity index (χ4v) is 2.76. The average Bonchev–Trinajstić information content (AvgIpc) is 2.76. The summed E-state index contributed by atoms with van der Waals surface area (Å²) in [5.74, 6) is -1.13. The standard InChI is InChI=1S/C13H13F3N2O3S/c1-2-21-10(19)6-12(20,13(14,15)16)7-3-4-8-9(5-7)22-11(17)18-8/h3-5,20H,2,6H2,1H3,(H2,17,18). The first kappa shape index (κ1) is 16.5. The number of aromatic nitrogens is 1. The number of ether oxygens (including phenoxy) is 1. The van der Waals surface area contributed by atoms with Gasteiger partial charge in [-0.25, -0.2) is 4.98 Å². The number of anilines is 1. The van der Waals surface area contributed by atoms with Gasteiger partial charge in [0.05, 0.1) is 23.2 Å². The number of thiazole rings is 1. The maximum atomic E-state index is 13.3. The van der Waals surface area contributed by atoms with Gasteiger partial charge < -0.3 is 15.6 Å². The first-order valence-electron chi connectivity index (χ1n) is 6.28. The van der Waals surface area contributed by atoms with Crippen molar-refractivity contribution in [2.24, 2.45) is 0 Å². The molecule has 0 radical (unpaired) electrons. The molecule has 0 aliphatic rings. The Morgan fingerprint density at radius 1 is 1.45 bits per heavy atom. The zero-order chi connectivity index (χ0) is 16.5. The predicted octanol–water partition coefficient (Wildman–Crippen LogP) is 2.58. The Balaban J connectivity index is 2.48. The fraction of sp³-hybridized carbons (Fsp3) is 0.385. The molecule has 1 heterocycles. The molecular weight excluding hydrogens is 321 g/mol. The highest BCUT2D eigenvalue weighted by Crippen LogP contribution is 2.43. The molecule has 0 saturated heterocycles. The van der Waals surface area contributed by atoms with Crippen LogP contribution in [-0.4, -0.2) is 28.8 Å². The van der Waals surface area contributed by atoms with Gasteiger partial charge in [-0.05, 0) is 24.6 Å². The van der Waals surface area contributed by atoms with Gasteiger partial charge in [0.2, 0.25) is 0 Å². The number of esters is 1. The summed E-state index contributed by atoms with van der Waals surface area (Å²) in [7, 11) is 0. The molecule has 5 nitrogen and oxygen atoms in total. The lowest BCUT2D eigenvalue weighted by atomic mass is 9.89. The Morgan fingerprint density at radius 3 is 2.73 bits per heavy atom. The van der Waals surface area contributed by atoms with E-state index in [1.165, 1.54) is 13.0 Å². The Labute approximate surface area is 127 Å². The van der Waals surface area contributed by atoms with Crippen LogP contribution in [-0.2, 0) is 15.1 Å². The van der Waals surface area contributed by atoms with E-state index in [-0.39, 0.29) is 11.7 Å². The Bertz CT molecular complexity index is 701. The first-order chi connectivity index (χ1) is 10.2. The summed E-state index contributed by atoms with van der Waals surface area (Å²) < 4.78 is 44.8. The largest absolute Gasteiger partial charge is 0.466 e. The third-order valence-corrected chi connectivity index (χ3v) is 3.90. The zero-order valence-corrected chi connectivity index (χ0v) is 12.3. The molecule has 1 atom stereocenters. The number of fused-ring (bicyclic) bond motifs is 1. The molecule has 0 aliphatic heterocycles. The van der Waals surface area contributed by atoms with E-state index in [9.17, 15) is 23.1 Å². The maximum Gasteiger partial charge on any atom is 0.422 e. The van der Waals surface area contributed by atoms with Crippen LogP contribution in [0.25, 0.3) is 10.2 Å². The lowest BCUT2D eigenvalue weighted by molar-refractivity contribution is -0.269. The average molecular weight is 334 g/mol. The highest BCUT2D eigenvalue weighted by Gasteiger charge is 2.56. The van der Waals surface area contributed by atoms with Crippen LogP contribution in [0.1, 0.15) is 18.9 Å². The van der Waals surface area contributed by atoms with Crippen LogP contribution in [0.3, 0.4) is 0 Å². The van der Waals surface area contributed by atoms with Gasteiger partial charge in [0.15, 0.2) is 10.7 Å². The lowest BCUT2D eigenvalue weighted by Gasteiger charge is -2.30. The van der Waals surface area contributed by atoms with Crippen LogP contribution < -0.4 is 5.73 Å². The molecule has 22 heavy (non-hydrogen) atoms. The second-order valence-corrected chi connectivity index (χ2v) is 5.64. The molecular formula is C13H13F3N2O3S. The first-order valence-corrected chi connectivity index (χ1v) is 7.10. The Hall–Kier alpha value is -1.87. The molecule has 2 rings (SSSR count). The summed E-state index contributed by atoms with van der Waals surface area (Å²) in [5.41, 5.74) is 2.15. The second-order valence-electron chi connectivity index (χ2n) is 4.57. The van der Waals surface area contributed by atoms with Crippen molar-refractivity contribution < 1.29 is 27.8 Å². The molecule has 1 unspecified atom stereocenters. The molecule has 0 aliphatic carbocycles. The van der Waals surface area contributed by atoms with Gasteiger partial charge in [0.1, 0.15) is 0 Å². The number of rotatable bonds is 4. The molecule has 0 amide bonds. The van der Waals surface area contributed by atoms with Gasteiger partial charge in [0.25, 0.3) is 0 Å².